The van der Waals surface area contributed by atoms with Gasteiger partial charge < -0.3 is 0 Å². The van der Waals surface area contributed by atoms with Gasteiger partial charge in [0, 0.05) is 6.07 Å². The van der Waals surface area contributed by atoms with E-state index in [1.165, 1.54) is 0 Å². The van der Waals surface area contributed by atoms with Gasteiger partial charge >= 0.3 is 6.18 Å². The van der Waals surface area contributed by atoms with E-state index in [9.17, 15) is 13.2 Å². The van der Waals surface area contributed by atoms with Crippen molar-refractivity contribution in [1.29, 1.82) is 0 Å². The molecule has 0 bridgehead atoms. The number of piperazine rings is 1. The Bertz CT molecular complexity index is 670. The molecule has 2 aromatic heterocycles. The highest BCUT2D eigenvalue weighted by Crippen LogP contribution is 2.32. The van der Waals surface area contributed by atoms with Crippen molar-refractivity contribution in [3.05, 3.63) is 47.2 Å². The maximum atomic E-state index is 12.7. The van der Waals surface area contributed by atoms with Crippen LogP contribution in [0.25, 0.3) is 0 Å². The van der Waals surface area contributed by atoms with E-state index in [0.717, 1.165) is 31.2 Å². The summed E-state index contributed by atoms with van der Waals surface area (Å²) < 4.78 is 38.0. The average Bonchev–Trinajstić information content (AvgIpc) is 2.55. The molecule has 0 unspecified atom stereocenters. The highest BCUT2D eigenvalue weighted by molar-refractivity contribution is 6.32. The van der Waals surface area contributed by atoms with E-state index in [2.05, 4.69) is 14.9 Å². The standard InChI is InChI=1S/C15H14ClF3N4/c16-12-9-11(15(17,18)19)10-21-14(12)23-7-5-22(6-8-23)13-3-1-2-4-20-13/h1-4,9-10H,5-8H2/p+2. The molecule has 0 atom stereocenters. The molecule has 0 saturated carbocycles. The molecule has 0 radical (unpaired) electrons. The molecule has 2 aromatic rings. The lowest BCUT2D eigenvalue weighted by Gasteiger charge is -2.27. The van der Waals surface area contributed by atoms with E-state index in [4.69, 9.17) is 11.6 Å². The van der Waals surface area contributed by atoms with Crippen LogP contribution in [0.4, 0.5) is 24.8 Å². The molecule has 0 amide bonds. The Kier molecular flexibility index (Phi) is 4.30. The van der Waals surface area contributed by atoms with Crippen molar-refractivity contribution in [3.63, 3.8) is 0 Å². The predicted octanol–water partition coefficient (Wildman–Crippen LogP) is 2.31. The van der Waals surface area contributed by atoms with Crippen LogP contribution in [0.15, 0.2) is 36.7 Å². The summed E-state index contributed by atoms with van der Waals surface area (Å²) in [5.41, 5.74) is -0.774. The van der Waals surface area contributed by atoms with Crippen molar-refractivity contribution in [2.75, 3.05) is 36.0 Å². The molecule has 8 heteroatoms. The van der Waals surface area contributed by atoms with Crippen LogP contribution in [0.5, 0.6) is 0 Å². The predicted molar refractivity (Wildman–Crippen MR) is 80.4 cm³/mol. The van der Waals surface area contributed by atoms with Crippen LogP contribution in [0.1, 0.15) is 5.56 Å². The van der Waals surface area contributed by atoms with Crippen molar-refractivity contribution >= 4 is 23.2 Å². The summed E-state index contributed by atoms with van der Waals surface area (Å²) in [6.07, 6.45) is -1.58. The smallest absolute Gasteiger partial charge is 0.254 e. The summed E-state index contributed by atoms with van der Waals surface area (Å²) in [6.45, 7) is 2.85. The number of pyridine rings is 2. The Labute approximate surface area is 136 Å². The van der Waals surface area contributed by atoms with Crippen molar-refractivity contribution in [2.45, 2.75) is 6.18 Å². The summed E-state index contributed by atoms with van der Waals surface area (Å²) in [5, 5.41) is 0.0829. The number of hydrogen-bond donors (Lipinski definition) is 0. The van der Waals surface area contributed by atoms with Crippen molar-refractivity contribution < 1.29 is 23.1 Å². The van der Waals surface area contributed by atoms with Crippen LogP contribution >= 0.6 is 11.6 Å². The van der Waals surface area contributed by atoms with Crippen molar-refractivity contribution in [2.24, 2.45) is 0 Å². The molecule has 4 nitrogen and oxygen atoms in total. The molecule has 1 aliphatic rings. The number of aromatic amines is 2. The monoisotopic (exact) mass is 344 g/mol. The Balaban J connectivity index is 1.71. The zero-order valence-electron chi connectivity index (χ0n) is 12.2. The summed E-state index contributed by atoms with van der Waals surface area (Å²) in [7, 11) is 0. The Hall–Kier alpha value is -2.02. The Morgan fingerprint density at radius 3 is 2.26 bits per heavy atom. The molecule has 122 valence electrons. The molecule has 1 aliphatic heterocycles. The first-order chi connectivity index (χ1) is 10.9. The summed E-state index contributed by atoms with van der Waals surface area (Å²) in [6, 6.07) is 6.83. The molecular formula is C15H16ClF3N4+2. The minimum atomic E-state index is -4.40. The van der Waals surface area contributed by atoms with E-state index in [0.29, 0.717) is 18.9 Å². The minimum absolute atomic E-state index is 0.0829. The first kappa shape index (κ1) is 15.9. The number of aromatic nitrogens is 2. The number of anilines is 2. The Morgan fingerprint density at radius 2 is 1.70 bits per heavy atom. The minimum Gasteiger partial charge on any atom is -0.254 e. The molecule has 3 heterocycles. The van der Waals surface area contributed by atoms with Gasteiger partial charge in [-0.1, -0.05) is 17.7 Å². The lowest BCUT2D eigenvalue weighted by molar-refractivity contribution is -0.368. The molecule has 0 spiro atoms. The van der Waals surface area contributed by atoms with Gasteiger partial charge in [-0.05, 0) is 12.1 Å². The lowest BCUT2D eigenvalue weighted by Crippen LogP contribution is -2.49. The third kappa shape index (κ3) is 3.50. The molecule has 1 fully saturated rings. The normalized spacial score (nSPS) is 15.8. The van der Waals surface area contributed by atoms with Crippen molar-refractivity contribution in [3.8, 4) is 0 Å². The number of hydrogen-bond acceptors (Lipinski definition) is 2. The number of nitrogens with zero attached hydrogens (tertiary/aromatic N) is 2. The first-order valence-electron chi connectivity index (χ1n) is 7.20. The van der Waals surface area contributed by atoms with Crippen LogP contribution in [0.2, 0.25) is 5.02 Å². The van der Waals surface area contributed by atoms with Crippen LogP contribution in [-0.2, 0) is 6.18 Å². The zero-order valence-corrected chi connectivity index (χ0v) is 13.0. The lowest BCUT2D eigenvalue weighted by atomic mass is 10.2. The number of alkyl halides is 3. The van der Waals surface area contributed by atoms with E-state index < -0.39 is 11.7 Å². The maximum absolute atomic E-state index is 12.7. The summed E-state index contributed by atoms with van der Waals surface area (Å²) in [5.74, 6) is 1.55. The van der Waals surface area contributed by atoms with Gasteiger partial charge in [0.05, 0.1) is 11.8 Å². The van der Waals surface area contributed by atoms with Gasteiger partial charge in [-0.25, -0.2) is 9.97 Å². The fourth-order valence-corrected chi connectivity index (χ4v) is 2.91. The SMILES string of the molecule is FC(F)(F)c1c[nH+]c(N2CCN(c3cccc[nH+]3)CC2)c(Cl)c1. The van der Waals surface area contributed by atoms with Gasteiger partial charge in [0.1, 0.15) is 37.4 Å². The van der Waals surface area contributed by atoms with Crippen LogP contribution in [0.3, 0.4) is 0 Å². The van der Waals surface area contributed by atoms with Gasteiger partial charge in [-0.3, -0.25) is 9.80 Å². The van der Waals surface area contributed by atoms with E-state index in [1.807, 2.05) is 29.3 Å². The van der Waals surface area contributed by atoms with Gasteiger partial charge in [-0.15, -0.1) is 0 Å². The van der Waals surface area contributed by atoms with Crippen LogP contribution in [0, 0.1) is 0 Å². The fourth-order valence-electron chi connectivity index (χ4n) is 2.62. The molecule has 1 saturated heterocycles. The molecule has 0 aliphatic carbocycles. The number of rotatable bonds is 2. The van der Waals surface area contributed by atoms with Gasteiger partial charge in [0.2, 0.25) is 0 Å². The Morgan fingerprint density at radius 1 is 1.00 bits per heavy atom. The third-order valence-corrected chi connectivity index (χ3v) is 4.12. The molecule has 3 rings (SSSR count). The second-order valence-electron chi connectivity index (χ2n) is 5.30. The fraction of sp³-hybridized carbons (Fsp3) is 0.333. The highest BCUT2D eigenvalue weighted by Gasteiger charge is 2.35. The molecule has 0 aromatic carbocycles. The summed E-state index contributed by atoms with van der Waals surface area (Å²) >= 11 is 6.03. The largest absolute Gasteiger partial charge is 0.419 e. The van der Waals surface area contributed by atoms with Gasteiger partial charge in [0.25, 0.3) is 11.6 Å². The summed E-state index contributed by atoms with van der Waals surface area (Å²) in [4.78, 5) is 10.0. The second-order valence-corrected chi connectivity index (χ2v) is 5.71. The van der Waals surface area contributed by atoms with Gasteiger partial charge in [-0.2, -0.15) is 13.2 Å². The van der Waals surface area contributed by atoms with E-state index in [1.54, 1.807) is 0 Å². The molecule has 2 N–H and O–H groups in total. The van der Waals surface area contributed by atoms with Crippen molar-refractivity contribution in [1.82, 2.24) is 0 Å². The first-order valence-corrected chi connectivity index (χ1v) is 7.58. The zero-order chi connectivity index (χ0) is 16.4. The average molecular weight is 345 g/mol. The van der Waals surface area contributed by atoms with E-state index in [-0.39, 0.29) is 5.02 Å². The number of H-pyrrole nitrogens is 2. The second kappa shape index (κ2) is 6.23. The highest BCUT2D eigenvalue weighted by atomic mass is 35.5. The number of nitrogens with one attached hydrogen (secondary N) is 2. The van der Waals surface area contributed by atoms with Crippen LogP contribution in [-0.4, -0.2) is 26.2 Å². The van der Waals surface area contributed by atoms with Crippen LogP contribution < -0.4 is 19.8 Å². The van der Waals surface area contributed by atoms with E-state index >= 15 is 0 Å². The topological polar surface area (TPSA) is 34.8 Å². The third-order valence-electron chi connectivity index (χ3n) is 3.83. The maximum Gasteiger partial charge on any atom is 0.419 e. The quantitative estimate of drug-likeness (QED) is 0.838. The van der Waals surface area contributed by atoms with Gasteiger partial charge in [0.15, 0.2) is 0 Å². The molecule has 23 heavy (non-hydrogen) atoms. The number of halogens is 4. The molecular weight excluding hydrogens is 329 g/mol.